The predicted octanol–water partition coefficient (Wildman–Crippen LogP) is 4.04. The molecule has 0 spiro atoms. The number of Topliss-reactive ketones (excluding diaryl/α,β-unsaturated/α-hetero) is 1. The molecule has 3 rings (SSSR count). The summed E-state index contributed by atoms with van der Waals surface area (Å²) in [5, 5.41) is 10.0. The lowest BCUT2D eigenvalue weighted by Crippen LogP contribution is -2.55. The second-order valence-electron chi connectivity index (χ2n) is 8.37. The fourth-order valence-corrected chi connectivity index (χ4v) is 4.26. The lowest BCUT2D eigenvalue weighted by atomic mass is 9.68. The lowest BCUT2D eigenvalue weighted by molar-refractivity contribution is -0.139. The van der Waals surface area contributed by atoms with Crippen LogP contribution in [0.4, 0.5) is 0 Å². The smallest absolute Gasteiger partial charge is 0.233 e. The number of benzene rings is 1. The molecule has 5 heteroatoms. The zero-order valence-corrected chi connectivity index (χ0v) is 16.4. The Morgan fingerprint density at radius 2 is 1.77 bits per heavy atom. The highest BCUT2D eigenvalue weighted by Gasteiger charge is 2.56. The normalized spacial score (nSPS) is 25.8. The number of ketones is 1. The fraction of sp³-hybridized carbons (Fsp3) is 0.476. The molecule has 0 N–H and O–H groups in total. The molecule has 1 aromatic carbocycles. The maximum Gasteiger partial charge on any atom is 0.233 e. The van der Waals surface area contributed by atoms with Crippen molar-refractivity contribution >= 4 is 23.3 Å². The van der Waals surface area contributed by atoms with Crippen LogP contribution in [0, 0.1) is 16.7 Å². The summed E-state index contributed by atoms with van der Waals surface area (Å²) >= 11 is 5.98. The molecule has 2 aliphatic rings. The van der Waals surface area contributed by atoms with E-state index in [9.17, 15) is 14.9 Å². The Kier molecular flexibility index (Phi) is 4.28. The molecule has 0 radical (unpaired) electrons. The lowest BCUT2D eigenvalue weighted by Gasteiger charge is -2.45. The van der Waals surface area contributed by atoms with Gasteiger partial charge in [-0.1, -0.05) is 37.6 Å². The molecule has 1 saturated carbocycles. The first kappa shape index (κ1) is 18.7. The van der Waals surface area contributed by atoms with Gasteiger partial charge in [-0.15, -0.1) is 0 Å². The zero-order valence-electron chi connectivity index (χ0n) is 15.6. The summed E-state index contributed by atoms with van der Waals surface area (Å²) in [6, 6.07) is 9.45. The average molecular weight is 371 g/mol. The Morgan fingerprint density at radius 3 is 2.27 bits per heavy atom. The Labute approximate surface area is 159 Å². The Balaban J connectivity index is 1.96. The first-order valence-electron chi connectivity index (χ1n) is 8.78. The molecule has 0 saturated heterocycles. The summed E-state index contributed by atoms with van der Waals surface area (Å²) in [5.41, 5.74) is -0.770. The second kappa shape index (κ2) is 5.96. The Hall–Kier alpha value is -2.12. The van der Waals surface area contributed by atoms with Crippen molar-refractivity contribution in [1.29, 1.82) is 5.26 Å². The van der Waals surface area contributed by atoms with Gasteiger partial charge in [0.1, 0.15) is 6.07 Å². The van der Waals surface area contributed by atoms with Crippen molar-refractivity contribution in [3.63, 3.8) is 0 Å². The molecule has 2 aliphatic carbocycles. The van der Waals surface area contributed by atoms with Gasteiger partial charge < -0.3 is 4.90 Å². The summed E-state index contributed by atoms with van der Waals surface area (Å²) in [5.74, 6) is -0.127. The highest BCUT2D eigenvalue weighted by molar-refractivity contribution is 6.30. The first-order chi connectivity index (χ1) is 12.1. The summed E-state index contributed by atoms with van der Waals surface area (Å²) < 4.78 is 0. The maximum absolute atomic E-state index is 13.4. The molecular weight excluding hydrogens is 348 g/mol. The molecule has 1 atom stereocenters. The summed E-state index contributed by atoms with van der Waals surface area (Å²) in [6.07, 6.45) is 3.75. The van der Waals surface area contributed by atoms with Crippen molar-refractivity contribution in [1.82, 2.24) is 4.90 Å². The van der Waals surface area contributed by atoms with E-state index in [1.807, 2.05) is 51.1 Å². The molecule has 136 valence electrons. The second-order valence-corrected chi connectivity index (χ2v) is 8.81. The van der Waals surface area contributed by atoms with Gasteiger partial charge in [0.05, 0.1) is 16.5 Å². The van der Waals surface area contributed by atoms with Crippen LogP contribution in [0.25, 0.3) is 0 Å². The SMILES string of the molecule is CN(C(=O)C1(c2ccc(Cl)cc2)CC1)[C@]1(C)C=C(C#N)C(=O)C(C)(C)C1. The minimum Gasteiger partial charge on any atom is -0.336 e. The highest BCUT2D eigenvalue weighted by atomic mass is 35.5. The number of nitrogens with zero attached hydrogens (tertiary/aromatic N) is 2. The van der Waals surface area contributed by atoms with Gasteiger partial charge in [-0.05, 0) is 50.0 Å². The largest absolute Gasteiger partial charge is 0.336 e. The molecule has 0 heterocycles. The van der Waals surface area contributed by atoms with E-state index < -0.39 is 16.4 Å². The highest BCUT2D eigenvalue weighted by Crippen LogP contribution is 2.51. The number of carbonyl (C=O) groups is 2. The zero-order chi connectivity index (χ0) is 19.3. The van der Waals surface area contributed by atoms with E-state index in [2.05, 4.69) is 0 Å². The molecule has 0 unspecified atom stereocenters. The average Bonchev–Trinajstić information content (AvgIpc) is 3.39. The molecule has 1 fully saturated rings. The predicted molar refractivity (Wildman–Crippen MR) is 101 cm³/mol. The molecule has 0 bridgehead atoms. The van der Waals surface area contributed by atoms with Gasteiger partial charge in [0.15, 0.2) is 5.78 Å². The monoisotopic (exact) mass is 370 g/mol. The van der Waals surface area contributed by atoms with E-state index in [-0.39, 0.29) is 17.3 Å². The number of nitriles is 1. The minimum atomic E-state index is -0.680. The number of amides is 1. The van der Waals surface area contributed by atoms with Crippen LogP contribution in [0.2, 0.25) is 5.02 Å². The van der Waals surface area contributed by atoms with E-state index in [0.29, 0.717) is 11.4 Å². The topological polar surface area (TPSA) is 61.2 Å². The Morgan fingerprint density at radius 1 is 1.19 bits per heavy atom. The van der Waals surface area contributed by atoms with Gasteiger partial charge in [0.2, 0.25) is 5.91 Å². The number of allylic oxidation sites excluding steroid dienone is 1. The van der Waals surface area contributed by atoms with E-state index >= 15 is 0 Å². The van der Waals surface area contributed by atoms with Gasteiger partial charge in [0.25, 0.3) is 0 Å². The maximum atomic E-state index is 13.4. The summed E-state index contributed by atoms with van der Waals surface area (Å²) in [6.45, 7) is 5.60. The van der Waals surface area contributed by atoms with E-state index in [1.165, 1.54) is 0 Å². The molecule has 0 aromatic heterocycles. The number of likely N-dealkylation sites (N-methyl/N-ethyl adjacent to an activating group) is 1. The number of halogens is 1. The van der Waals surface area contributed by atoms with Crippen LogP contribution in [0.15, 0.2) is 35.9 Å². The van der Waals surface area contributed by atoms with Crippen molar-refractivity contribution in [2.75, 3.05) is 7.05 Å². The summed E-state index contributed by atoms with van der Waals surface area (Å²) in [4.78, 5) is 27.5. The molecule has 4 nitrogen and oxygen atoms in total. The van der Waals surface area contributed by atoms with Gasteiger partial charge in [0, 0.05) is 17.5 Å². The molecule has 0 aliphatic heterocycles. The molecule has 1 amide bonds. The van der Waals surface area contributed by atoms with Crippen LogP contribution in [-0.2, 0) is 15.0 Å². The van der Waals surface area contributed by atoms with Crippen LogP contribution in [-0.4, -0.2) is 29.2 Å². The fourth-order valence-electron chi connectivity index (χ4n) is 4.14. The van der Waals surface area contributed by atoms with Gasteiger partial charge in [-0.2, -0.15) is 5.26 Å². The number of carbonyl (C=O) groups excluding carboxylic acids is 2. The van der Waals surface area contributed by atoms with Gasteiger partial charge in [-0.3, -0.25) is 9.59 Å². The van der Waals surface area contributed by atoms with Crippen LogP contribution in [0.1, 0.15) is 45.6 Å². The quantitative estimate of drug-likeness (QED) is 0.806. The number of hydrogen-bond acceptors (Lipinski definition) is 3. The standard InChI is InChI=1S/C21H23ClN2O2/c1-19(2)13-20(3,11-14(12-23)17(19)25)24(4)18(26)21(9-10-21)15-5-7-16(22)8-6-15/h5-8,11H,9-10,13H2,1-4H3/t20-/m1/s1. The van der Waals surface area contributed by atoms with Gasteiger partial charge in [-0.25, -0.2) is 0 Å². The van der Waals surface area contributed by atoms with Crippen molar-refractivity contribution in [2.45, 2.75) is 51.0 Å². The molecule has 26 heavy (non-hydrogen) atoms. The number of rotatable bonds is 3. The summed E-state index contributed by atoms with van der Waals surface area (Å²) in [7, 11) is 1.77. The third kappa shape index (κ3) is 2.85. The van der Waals surface area contributed by atoms with Crippen LogP contribution in [0.3, 0.4) is 0 Å². The third-order valence-corrected chi connectivity index (χ3v) is 6.11. The van der Waals surface area contributed by atoms with Gasteiger partial charge >= 0.3 is 0 Å². The van der Waals surface area contributed by atoms with Crippen LogP contribution < -0.4 is 0 Å². The Bertz CT molecular complexity index is 844. The van der Waals surface area contributed by atoms with Crippen molar-refractivity contribution in [2.24, 2.45) is 5.41 Å². The van der Waals surface area contributed by atoms with E-state index in [4.69, 9.17) is 11.6 Å². The van der Waals surface area contributed by atoms with E-state index in [1.54, 1.807) is 18.0 Å². The third-order valence-electron chi connectivity index (χ3n) is 5.86. The molecule has 1 aromatic rings. The minimum absolute atomic E-state index is 0.0287. The molecular formula is C21H23ClN2O2. The van der Waals surface area contributed by atoms with Crippen LogP contribution >= 0.6 is 11.6 Å². The van der Waals surface area contributed by atoms with E-state index in [0.717, 1.165) is 18.4 Å². The number of hydrogen-bond donors (Lipinski definition) is 0. The van der Waals surface area contributed by atoms with Crippen molar-refractivity contribution < 1.29 is 9.59 Å². The van der Waals surface area contributed by atoms with Crippen LogP contribution in [0.5, 0.6) is 0 Å². The van der Waals surface area contributed by atoms with Crippen molar-refractivity contribution in [3.05, 3.63) is 46.5 Å². The van der Waals surface area contributed by atoms with Crippen molar-refractivity contribution in [3.8, 4) is 6.07 Å². The first-order valence-corrected chi connectivity index (χ1v) is 9.16.